The van der Waals surface area contributed by atoms with Gasteiger partial charge in [-0.05, 0) is 30.7 Å². The molecule has 0 radical (unpaired) electrons. The van der Waals surface area contributed by atoms with Crippen LogP contribution in [-0.4, -0.2) is 33.2 Å². The average molecular weight is 244 g/mol. The molecule has 6 heteroatoms. The standard InChI is InChI=1S/C10H16N2O3S/c11-6-5-9-1-3-10(4-2-9)16(14,15)12-7-8-13/h1-4,12-13H,5-8,11H2. The highest BCUT2D eigenvalue weighted by atomic mass is 32.2. The molecule has 0 amide bonds. The average Bonchev–Trinajstić information content (AvgIpc) is 2.28. The Kier molecular flexibility index (Phi) is 4.88. The number of benzene rings is 1. The largest absolute Gasteiger partial charge is 0.395 e. The summed E-state index contributed by atoms with van der Waals surface area (Å²) in [6.07, 6.45) is 0.727. The van der Waals surface area contributed by atoms with E-state index in [9.17, 15) is 8.42 Å². The van der Waals surface area contributed by atoms with Crippen molar-refractivity contribution in [2.75, 3.05) is 19.7 Å². The molecule has 0 aromatic heterocycles. The van der Waals surface area contributed by atoms with Crippen LogP contribution in [0, 0.1) is 0 Å². The van der Waals surface area contributed by atoms with Gasteiger partial charge in [-0.25, -0.2) is 13.1 Å². The van der Waals surface area contributed by atoms with Crippen molar-refractivity contribution in [3.8, 4) is 0 Å². The van der Waals surface area contributed by atoms with Gasteiger partial charge >= 0.3 is 0 Å². The van der Waals surface area contributed by atoms with E-state index in [4.69, 9.17) is 10.8 Å². The highest BCUT2D eigenvalue weighted by Gasteiger charge is 2.12. The van der Waals surface area contributed by atoms with Crippen LogP contribution in [0.3, 0.4) is 0 Å². The maximum Gasteiger partial charge on any atom is 0.240 e. The quantitative estimate of drug-likeness (QED) is 0.626. The van der Waals surface area contributed by atoms with Crippen LogP contribution in [0.4, 0.5) is 0 Å². The van der Waals surface area contributed by atoms with E-state index in [2.05, 4.69) is 4.72 Å². The van der Waals surface area contributed by atoms with Gasteiger partial charge in [-0.1, -0.05) is 12.1 Å². The second-order valence-electron chi connectivity index (χ2n) is 3.30. The predicted molar refractivity (Wildman–Crippen MR) is 61.5 cm³/mol. The van der Waals surface area contributed by atoms with Crippen molar-refractivity contribution in [1.29, 1.82) is 0 Å². The summed E-state index contributed by atoms with van der Waals surface area (Å²) in [7, 11) is -3.50. The van der Waals surface area contributed by atoms with Crippen molar-refractivity contribution in [2.45, 2.75) is 11.3 Å². The molecule has 90 valence electrons. The van der Waals surface area contributed by atoms with Crippen LogP contribution in [0.25, 0.3) is 0 Å². The van der Waals surface area contributed by atoms with Gasteiger partial charge in [-0.2, -0.15) is 0 Å². The minimum atomic E-state index is -3.50. The van der Waals surface area contributed by atoms with Gasteiger partial charge in [0.15, 0.2) is 0 Å². The Morgan fingerprint density at radius 1 is 1.25 bits per heavy atom. The van der Waals surface area contributed by atoms with E-state index in [1.54, 1.807) is 12.1 Å². The van der Waals surface area contributed by atoms with Gasteiger partial charge in [0.2, 0.25) is 10.0 Å². The molecule has 0 unspecified atom stereocenters. The normalized spacial score (nSPS) is 11.6. The summed E-state index contributed by atoms with van der Waals surface area (Å²) in [6, 6.07) is 6.54. The lowest BCUT2D eigenvalue weighted by molar-refractivity contribution is 0.301. The molecule has 16 heavy (non-hydrogen) atoms. The lowest BCUT2D eigenvalue weighted by atomic mass is 10.2. The number of nitrogens with two attached hydrogens (primary N) is 1. The van der Waals surface area contributed by atoms with Gasteiger partial charge in [0.05, 0.1) is 11.5 Å². The number of sulfonamides is 1. The molecule has 0 atom stereocenters. The van der Waals surface area contributed by atoms with Gasteiger partial charge in [0.1, 0.15) is 0 Å². The van der Waals surface area contributed by atoms with Crippen molar-refractivity contribution in [1.82, 2.24) is 4.72 Å². The molecule has 0 aliphatic heterocycles. The van der Waals surface area contributed by atoms with E-state index < -0.39 is 10.0 Å². The van der Waals surface area contributed by atoms with Gasteiger partial charge in [0, 0.05) is 6.54 Å². The third-order valence-electron chi connectivity index (χ3n) is 2.07. The summed E-state index contributed by atoms with van der Waals surface area (Å²) in [5.74, 6) is 0. The zero-order valence-corrected chi connectivity index (χ0v) is 9.70. The molecule has 4 N–H and O–H groups in total. The number of aliphatic hydroxyl groups excluding tert-OH is 1. The van der Waals surface area contributed by atoms with Crippen molar-refractivity contribution in [2.24, 2.45) is 5.73 Å². The first-order chi connectivity index (χ1) is 7.60. The maximum absolute atomic E-state index is 11.6. The zero-order chi connectivity index (χ0) is 12.0. The highest BCUT2D eigenvalue weighted by molar-refractivity contribution is 7.89. The molecule has 5 nitrogen and oxygen atoms in total. The molecule has 1 rings (SSSR count). The van der Waals surface area contributed by atoms with Crippen LogP contribution in [0.1, 0.15) is 5.56 Å². The third-order valence-corrected chi connectivity index (χ3v) is 3.55. The first-order valence-electron chi connectivity index (χ1n) is 4.99. The van der Waals surface area contributed by atoms with E-state index >= 15 is 0 Å². The topological polar surface area (TPSA) is 92.4 Å². The zero-order valence-electron chi connectivity index (χ0n) is 8.89. The van der Waals surface area contributed by atoms with E-state index in [0.29, 0.717) is 6.54 Å². The summed E-state index contributed by atoms with van der Waals surface area (Å²) in [5, 5.41) is 8.55. The Morgan fingerprint density at radius 2 is 1.88 bits per heavy atom. The fourth-order valence-corrected chi connectivity index (χ4v) is 2.29. The fraction of sp³-hybridized carbons (Fsp3) is 0.400. The molecule has 1 aromatic rings. The Morgan fingerprint density at radius 3 is 2.38 bits per heavy atom. The number of hydrogen-bond donors (Lipinski definition) is 3. The van der Waals surface area contributed by atoms with Crippen LogP contribution in [0.5, 0.6) is 0 Å². The predicted octanol–water partition coefficient (Wildman–Crippen LogP) is -0.542. The Bertz CT molecular complexity index is 414. The van der Waals surface area contributed by atoms with E-state index in [1.807, 2.05) is 0 Å². The molecule has 0 saturated heterocycles. The smallest absolute Gasteiger partial charge is 0.240 e. The molecular weight excluding hydrogens is 228 g/mol. The third kappa shape index (κ3) is 3.57. The molecule has 0 fully saturated rings. The van der Waals surface area contributed by atoms with E-state index in [-0.39, 0.29) is 18.0 Å². The lowest BCUT2D eigenvalue weighted by Crippen LogP contribution is -2.26. The number of nitrogens with one attached hydrogen (secondary N) is 1. The van der Waals surface area contributed by atoms with Crippen LogP contribution in [0.2, 0.25) is 0 Å². The second kappa shape index (κ2) is 5.95. The highest BCUT2D eigenvalue weighted by Crippen LogP contribution is 2.10. The Labute approximate surface area is 95.3 Å². The van der Waals surface area contributed by atoms with Crippen molar-refractivity contribution in [3.05, 3.63) is 29.8 Å². The summed E-state index contributed by atoms with van der Waals surface area (Å²) < 4.78 is 25.5. The van der Waals surface area contributed by atoms with Crippen molar-refractivity contribution in [3.63, 3.8) is 0 Å². The van der Waals surface area contributed by atoms with Crippen LogP contribution in [-0.2, 0) is 16.4 Å². The number of aliphatic hydroxyl groups is 1. The SMILES string of the molecule is NCCc1ccc(S(=O)(=O)NCCO)cc1. The Balaban J connectivity index is 2.80. The van der Waals surface area contributed by atoms with Crippen LogP contribution < -0.4 is 10.5 Å². The molecule has 1 aromatic carbocycles. The fourth-order valence-electron chi connectivity index (χ4n) is 1.27. The molecule has 0 spiro atoms. The summed E-state index contributed by atoms with van der Waals surface area (Å²) in [4.78, 5) is 0.196. The first-order valence-corrected chi connectivity index (χ1v) is 6.48. The summed E-state index contributed by atoms with van der Waals surface area (Å²) in [5.41, 5.74) is 6.40. The molecular formula is C10H16N2O3S. The monoisotopic (exact) mass is 244 g/mol. The molecule has 0 heterocycles. The Hall–Kier alpha value is -0.950. The van der Waals surface area contributed by atoms with Gasteiger partial charge < -0.3 is 10.8 Å². The molecule has 0 bridgehead atoms. The molecule has 0 aliphatic rings. The molecule has 0 aliphatic carbocycles. The van der Waals surface area contributed by atoms with Crippen LogP contribution in [0.15, 0.2) is 29.2 Å². The lowest BCUT2D eigenvalue weighted by Gasteiger charge is -2.06. The minimum Gasteiger partial charge on any atom is -0.395 e. The van der Waals surface area contributed by atoms with Crippen molar-refractivity contribution < 1.29 is 13.5 Å². The maximum atomic E-state index is 11.6. The summed E-state index contributed by atoms with van der Waals surface area (Å²) in [6.45, 7) is 0.340. The van der Waals surface area contributed by atoms with Crippen molar-refractivity contribution >= 4 is 10.0 Å². The first kappa shape index (κ1) is 13.1. The van der Waals surface area contributed by atoms with E-state index in [1.165, 1.54) is 12.1 Å². The molecule has 0 saturated carbocycles. The minimum absolute atomic E-state index is 0.0207. The van der Waals surface area contributed by atoms with Gasteiger partial charge in [-0.15, -0.1) is 0 Å². The van der Waals surface area contributed by atoms with Gasteiger partial charge in [-0.3, -0.25) is 0 Å². The van der Waals surface area contributed by atoms with E-state index in [0.717, 1.165) is 12.0 Å². The second-order valence-corrected chi connectivity index (χ2v) is 5.07. The van der Waals surface area contributed by atoms with Gasteiger partial charge in [0.25, 0.3) is 0 Å². The summed E-state index contributed by atoms with van der Waals surface area (Å²) >= 11 is 0. The number of hydrogen-bond acceptors (Lipinski definition) is 4. The van der Waals surface area contributed by atoms with Crippen LogP contribution >= 0.6 is 0 Å². The number of rotatable bonds is 6.